The van der Waals surface area contributed by atoms with Crippen LogP contribution < -0.4 is 10.6 Å². The highest BCUT2D eigenvalue weighted by atomic mass is 32.1. The highest BCUT2D eigenvalue weighted by Crippen LogP contribution is 2.21. The predicted octanol–water partition coefficient (Wildman–Crippen LogP) is 3.14. The molecule has 0 aliphatic carbocycles. The second kappa shape index (κ2) is 9.27. The molecule has 0 radical (unpaired) electrons. The zero-order valence-electron chi connectivity index (χ0n) is 13.6. The summed E-state index contributed by atoms with van der Waals surface area (Å²) < 4.78 is 4.95. The summed E-state index contributed by atoms with van der Waals surface area (Å²) in [4.78, 5) is 16.3. The van der Waals surface area contributed by atoms with Gasteiger partial charge in [-0.1, -0.05) is 19.1 Å². The van der Waals surface area contributed by atoms with E-state index < -0.39 is 0 Å². The van der Waals surface area contributed by atoms with E-state index in [9.17, 15) is 4.79 Å². The quantitative estimate of drug-likeness (QED) is 0.692. The standard InChI is InChI=1S/C17H23N3O2S/c1-3-13-5-7-14(8-6-13)19-17-20-15(12-23-17)11-16(21)18-9-4-10-22-2/h5-8,12H,3-4,9-11H2,1-2H3,(H,18,21)(H,19,20). The van der Waals surface area contributed by atoms with Crippen molar-refractivity contribution in [1.29, 1.82) is 0 Å². The van der Waals surface area contributed by atoms with E-state index in [1.165, 1.54) is 16.9 Å². The summed E-state index contributed by atoms with van der Waals surface area (Å²) in [6, 6.07) is 8.29. The maximum Gasteiger partial charge on any atom is 0.226 e. The molecule has 1 aromatic heterocycles. The van der Waals surface area contributed by atoms with Crippen molar-refractivity contribution in [2.45, 2.75) is 26.2 Å². The van der Waals surface area contributed by atoms with E-state index in [0.29, 0.717) is 19.6 Å². The van der Waals surface area contributed by atoms with Crippen LogP contribution in [0.1, 0.15) is 24.6 Å². The molecule has 2 aromatic rings. The number of rotatable bonds is 9. The Bertz CT molecular complexity index is 611. The van der Waals surface area contributed by atoms with Gasteiger partial charge in [0.15, 0.2) is 5.13 Å². The lowest BCUT2D eigenvalue weighted by Crippen LogP contribution is -2.26. The summed E-state index contributed by atoms with van der Waals surface area (Å²) in [7, 11) is 1.65. The SMILES string of the molecule is CCc1ccc(Nc2nc(CC(=O)NCCCOC)cs2)cc1. The van der Waals surface area contributed by atoms with E-state index in [2.05, 4.69) is 34.7 Å². The Balaban J connectivity index is 1.81. The first-order valence-corrected chi connectivity index (χ1v) is 8.65. The number of ether oxygens (including phenoxy) is 1. The minimum atomic E-state index is -0.00903. The number of hydrogen-bond acceptors (Lipinski definition) is 5. The smallest absolute Gasteiger partial charge is 0.226 e. The number of nitrogens with zero attached hydrogens (tertiary/aromatic N) is 1. The second-order valence-electron chi connectivity index (χ2n) is 5.19. The zero-order valence-corrected chi connectivity index (χ0v) is 14.4. The van der Waals surface area contributed by atoms with Gasteiger partial charge in [0.1, 0.15) is 0 Å². The van der Waals surface area contributed by atoms with E-state index in [-0.39, 0.29) is 5.91 Å². The molecule has 0 bridgehead atoms. The van der Waals surface area contributed by atoms with Gasteiger partial charge in [-0.25, -0.2) is 4.98 Å². The number of amides is 1. The van der Waals surface area contributed by atoms with E-state index in [0.717, 1.165) is 29.4 Å². The molecule has 0 aliphatic rings. The number of benzene rings is 1. The molecule has 0 unspecified atom stereocenters. The molecule has 1 amide bonds. The minimum absolute atomic E-state index is 0.00903. The number of nitrogens with one attached hydrogen (secondary N) is 2. The molecule has 0 atom stereocenters. The van der Waals surface area contributed by atoms with Gasteiger partial charge < -0.3 is 15.4 Å². The summed E-state index contributed by atoms with van der Waals surface area (Å²) in [5, 5.41) is 8.85. The number of carbonyl (C=O) groups is 1. The number of hydrogen-bond donors (Lipinski definition) is 2. The number of carbonyl (C=O) groups excluding carboxylic acids is 1. The molecular formula is C17H23N3O2S. The fraction of sp³-hybridized carbons (Fsp3) is 0.412. The van der Waals surface area contributed by atoms with Gasteiger partial charge in [0, 0.05) is 31.3 Å². The summed E-state index contributed by atoms with van der Waals surface area (Å²) in [5.41, 5.74) is 3.10. The Labute approximate surface area is 141 Å². The van der Waals surface area contributed by atoms with Crippen LogP contribution in [0.5, 0.6) is 0 Å². The minimum Gasteiger partial charge on any atom is -0.385 e. The molecule has 0 aliphatic heterocycles. The molecule has 0 spiro atoms. The number of anilines is 2. The van der Waals surface area contributed by atoms with Crippen LogP contribution in [0.15, 0.2) is 29.6 Å². The molecule has 23 heavy (non-hydrogen) atoms. The van der Waals surface area contributed by atoms with Gasteiger partial charge >= 0.3 is 0 Å². The first kappa shape index (κ1) is 17.4. The van der Waals surface area contributed by atoms with Crippen molar-refractivity contribution >= 4 is 28.1 Å². The lowest BCUT2D eigenvalue weighted by Gasteiger charge is -2.04. The van der Waals surface area contributed by atoms with Crippen LogP contribution in [0, 0.1) is 0 Å². The Morgan fingerprint density at radius 2 is 2.09 bits per heavy atom. The summed E-state index contributed by atoms with van der Waals surface area (Å²) in [6.45, 7) is 3.42. The van der Waals surface area contributed by atoms with Crippen molar-refractivity contribution in [2.24, 2.45) is 0 Å². The average Bonchev–Trinajstić information content (AvgIpc) is 2.99. The van der Waals surface area contributed by atoms with Crippen molar-refractivity contribution in [1.82, 2.24) is 10.3 Å². The average molecular weight is 333 g/mol. The number of aryl methyl sites for hydroxylation is 1. The fourth-order valence-electron chi connectivity index (χ4n) is 2.06. The van der Waals surface area contributed by atoms with Crippen LogP contribution in [-0.4, -0.2) is 31.2 Å². The van der Waals surface area contributed by atoms with Gasteiger partial charge in [0.05, 0.1) is 12.1 Å². The molecule has 0 fully saturated rings. The normalized spacial score (nSPS) is 10.5. The molecule has 2 N–H and O–H groups in total. The molecule has 5 nitrogen and oxygen atoms in total. The van der Waals surface area contributed by atoms with Crippen molar-refractivity contribution in [3.8, 4) is 0 Å². The molecule has 6 heteroatoms. The second-order valence-corrected chi connectivity index (χ2v) is 6.05. The van der Waals surface area contributed by atoms with Crippen LogP contribution in [0.3, 0.4) is 0 Å². The Morgan fingerprint density at radius 1 is 1.30 bits per heavy atom. The van der Waals surface area contributed by atoms with Gasteiger partial charge in [0.2, 0.25) is 5.91 Å². The fourth-order valence-corrected chi connectivity index (χ4v) is 2.79. The molecule has 1 aromatic carbocycles. The first-order valence-electron chi connectivity index (χ1n) is 7.77. The maximum absolute atomic E-state index is 11.8. The Hall–Kier alpha value is -1.92. The van der Waals surface area contributed by atoms with Crippen molar-refractivity contribution in [3.63, 3.8) is 0 Å². The zero-order chi connectivity index (χ0) is 16.5. The third kappa shape index (κ3) is 6.00. The van der Waals surface area contributed by atoms with Gasteiger partial charge in [0.25, 0.3) is 0 Å². The molecule has 1 heterocycles. The van der Waals surface area contributed by atoms with E-state index in [1.807, 2.05) is 17.5 Å². The van der Waals surface area contributed by atoms with Gasteiger partial charge in [-0.3, -0.25) is 4.79 Å². The maximum atomic E-state index is 11.8. The van der Waals surface area contributed by atoms with Crippen LogP contribution >= 0.6 is 11.3 Å². The largest absolute Gasteiger partial charge is 0.385 e. The monoisotopic (exact) mass is 333 g/mol. The highest BCUT2D eigenvalue weighted by molar-refractivity contribution is 7.13. The van der Waals surface area contributed by atoms with Crippen LogP contribution in [0.4, 0.5) is 10.8 Å². The van der Waals surface area contributed by atoms with Crippen LogP contribution in [-0.2, 0) is 22.4 Å². The molecular weight excluding hydrogens is 310 g/mol. The van der Waals surface area contributed by atoms with Crippen molar-refractivity contribution in [3.05, 3.63) is 40.9 Å². The Morgan fingerprint density at radius 3 is 2.78 bits per heavy atom. The lowest BCUT2D eigenvalue weighted by molar-refractivity contribution is -0.120. The van der Waals surface area contributed by atoms with Gasteiger partial charge in [-0.15, -0.1) is 11.3 Å². The van der Waals surface area contributed by atoms with Crippen molar-refractivity contribution < 1.29 is 9.53 Å². The molecule has 2 rings (SSSR count). The third-order valence-electron chi connectivity index (χ3n) is 3.35. The molecule has 0 saturated carbocycles. The third-order valence-corrected chi connectivity index (χ3v) is 4.16. The lowest BCUT2D eigenvalue weighted by atomic mass is 10.1. The van der Waals surface area contributed by atoms with E-state index in [1.54, 1.807) is 7.11 Å². The van der Waals surface area contributed by atoms with Gasteiger partial charge in [-0.2, -0.15) is 0 Å². The van der Waals surface area contributed by atoms with E-state index >= 15 is 0 Å². The van der Waals surface area contributed by atoms with E-state index in [4.69, 9.17) is 4.74 Å². The summed E-state index contributed by atoms with van der Waals surface area (Å²) in [6.07, 6.45) is 2.15. The molecule has 0 saturated heterocycles. The Kier molecular flexibility index (Phi) is 7.03. The predicted molar refractivity (Wildman–Crippen MR) is 94.4 cm³/mol. The summed E-state index contributed by atoms with van der Waals surface area (Å²) >= 11 is 1.51. The van der Waals surface area contributed by atoms with Crippen molar-refractivity contribution in [2.75, 3.05) is 25.6 Å². The highest BCUT2D eigenvalue weighted by Gasteiger charge is 2.07. The summed E-state index contributed by atoms with van der Waals surface area (Å²) in [5.74, 6) is -0.00903. The number of aromatic nitrogens is 1. The number of methoxy groups -OCH3 is 1. The van der Waals surface area contributed by atoms with Gasteiger partial charge in [-0.05, 0) is 30.5 Å². The number of thiazole rings is 1. The topological polar surface area (TPSA) is 63.2 Å². The first-order chi connectivity index (χ1) is 11.2. The van der Waals surface area contributed by atoms with Crippen LogP contribution in [0.25, 0.3) is 0 Å². The molecule has 124 valence electrons. The van der Waals surface area contributed by atoms with Crippen LogP contribution in [0.2, 0.25) is 0 Å².